The topological polar surface area (TPSA) is 37.9 Å². The van der Waals surface area contributed by atoms with E-state index in [1.165, 1.54) is 23.1 Å². The molecule has 0 unspecified atom stereocenters. The predicted molar refractivity (Wildman–Crippen MR) is 95.2 cm³/mol. The highest BCUT2D eigenvalue weighted by atomic mass is 16.5. The predicted octanol–water partition coefficient (Wildman–Crippen LogP) is 4.75. The Labute approximate surface area is 137 Å². The summed E-state index contributed by atoms with van der Waals surface area (Å²) in [5.41, 5.74) is 6.21. The van der Waals surface area contributed by atoms with Gasteiger partial charge in [0, 0.05) is 6.42 Å². The van der Waals surface area contributed by atoms with Gasteiger partial charge in [0.1, 0.15) is 11.6 Å². The first-order valence-electron chi connectivity index (χ1n) is 8.24. The lowest BCUT2D eigenvalue weighted by atomic mass is 10.1. The van der Waals surface area contributed by atoms with Gasteiger partial charge in [-0.2, -0.15) is 0 Å². The number of benzene rings is 2. The van der Waals surface area contributed by atoms with Gasteiger partial charge in [0.2, 0.25) is 0 Å². The summed E-state index contributed by atoms with van der Waals surface area (Å²) >= 11 is 0. The number of H-pyrrole nitrogens is 1. The van der Waals surface area contributed by atoms with Gasteiger partial charge >= 0.3 is 0 Å². The number of aryl methyl sites for hydroxylation is 4. The summed E-state index contributed by atoms with van der Waals surface area (Å²) in [5.74, 6) is 2.02. The summed E-state index contributed by atoms with van der Waals surface area (Å²) in [6.07, 6.45) is 4.41. The molecule has 2 aromatic carbocycles. The van der Waals surface area contributed by atoms with E-state index in [0.717, 1.165) is 41.9 Å². The number of aromatic nitrogens is 2. The third kappa shape index (κ3) is 3.73. The lowest BCUT2D eigenvalue weighted by Crippen LogP contribution is -1.91. The number of nitrogens with zero attached hydrogens (tertiary/aromatic N) is 1. The Kier molecular flexibility index (Phi) is 4.65. The summed E-state index contributed by atoms with van der Waals surface area (Å²) in [5, 5.41) is 0. The zero-order valence-electron chi connectivity index (χ0n) is 14.1. The van der Waals surface area contributed by atoms with Crippen LogP contribution in [0.5, 0.6) is 5.75 Å². The van der Waals surface area contributed by atoms with Crippen LogP contribution in [0.4, 0.5) is 0 Å². The Balaban J connectivity index is 1.54. The van der Waals surface area contributed by atoms with Crippen LogP contribution in [0.15, 0.2) is 36.4 Å². The molecule has 1 N–H and O–H groups in total. The number of hydrogen-bond acceptors (Lipinski definition) is 2. The first kappa shape index (κ1) is 15.6. The van der Waals surface area contributed by atoms with Gasteiger partial charge in [-0.25, -0.2) is 4.98 Å². The average molecular weight is 308 g/mol. The minimum atomic E-state index is 0.918. The van der Waals surface area contributed by atoms with Crippen molar-refractivity contribution < 1.29 is 4.74 Å². The van der Waals surface area contributed by atoms with Gasteiger partial charge in [-0.05, 0) is 74.1 Å². The van der Waals surface area contributed by atoms with Crippen molar-refractivity contribution in [1.29, 1.82) is 0 Å². The van der Waals surface area contributed by atoms with Crippen molar-refractivity contribution >= 4 is 11.0 Å². The molecule has 0 saturated heterocycles. The number of imidazole rings is 1. The van der Waals surface area contributed by atoms with E-state index in [-0.39, 0.29) is 0 Å². The Morgan fingerprint density at radius 3 is 2.39 bits per heavy atom. The van der Waals surface area contributed by atoms with Crippen molar-refractivity contribution in [2.45, 2.75) is 39.5 Å². The standard InChI is InChI=1S/C20H24N2O/c1-14-12-18-19(13-15(14)2)22-20(21-18)7-5-4-6-16-8-10-17(23-3)11-9-16/h8-13H,4-7H2,1-3H3,(H,21,22). The van der Waals surface area contributed by atoms with Gasteiger partial charge in [0.05, 0.1) is 18.1 Å². The van der Waals surface area contributed by atoms with Gasteiger partial charge in [0.25, 0.3) is 0 Å². The molecule has 0 aliphatic rings. The molecule has 1 heterocycles. The van der Waals surface area contributed by atoms with Crippen LogP contribution in [-0.4, -0.2) is 17.1 Å². The molecule has 0 fully saturated rings. The van der Waals surface area contributed by atoms with Gasteiger partial charge in [-0.1, -0.05) is 12.1 Å². The molecule has 0 saturated carbocycles. The van der Waals surface area contributed by atoms with Crippen molar-refractivity contribution in [2.75, 3.05) is 7.11 Å². The highest BCUT2D eigenvalue weighted by Crippen LogP contribution is 2.18. The molecule has 0 amide bonds. The second-order valence-corrected chi connectivity index (χ2v) is 6.19. The first-order valence-corrected chi connectivity index (χ1v) is 8.24. The maximum Gasteiger partial charge on any atom is 0.118 e. The molecule has 3 rings (SSSR count). The number of fused-ring (bicyclic) bond motifs is 1. The lowest BCUT2D eigenvalue weighted by molar-refractivity contribution is 0.414. The molecule has 0 atom stereocenters. The number of ether oxygens (including phenoxy) is 1. The second-order valence-electron chi connectivity index (χ2n) is 6.19. The fourth-order valence-electron chi connectivity index (χ4n) is 2.85. The molecule has 0 aliphatic heterocycles. The van der Waals surface area contributed by atoms with Crippen LogP contribution in [-0.2, 0) is 12.8 Å². The Morgan fingerprint density at radius 2 is 1.65 bits per heavy atom. The molecular formula is C20H24N2O. The van der Waals surface area contributed by atoms with Gasteiger partial charge in [-0.15, -0.1) is 0 Å². The molecule has 0 bridgehead atoms. The van der Waals surface area contributed by atoms with Crippen LogP contribution in [0.3, 0.4) is 0 Å². The number of rotatable bonds is 6. The van der Waals surface area contributed by atoms with E-state index in [1.54, 1.807) is 7.11 Å². The molecule has 1 aromatic heterocycles. The second kappa shape index (κ2) is 6.86. The van der Waals surface area contributed by atoms with E-state index in [1.807, 2.05) is 12.1 Å². The van der Waals surface area contributed by atoms with Crippen LogP contribution < -0.4 is 4.74 Å². The monoisotopic (exact) mass is 308 g/mol. The van der Waals surface area contributed by atoms with E-state index in [2.05, 4.69) is 43.1 Å². The molecule has 23 heavy (non-hydrogen) atoms. The molecule has 3 heteroatoms. The minimum absolute atomic E-state index is 0.918. The summed E-state index contributed by atoms with van der Waals surface area (Å²) in [4.78, 5) is 8.16. The zero-order valence-corrected chi connectivity index (χ0v) is 14.1. The van der Waals surface area contributed by atoms with Gasteiger partial charge < -0.3 is 9.72 Å². The third-order valence-electron chi connectivity index (χ3n) is 4.43. The summed E-state index contributed by atoms with van der Waals surface area (Å²) in [6, 6.07) is 12.7. The number of unbranched alkanes of at least 4 members (excludes halogenated alkanes) is 1. The molecule has 3 aromatic rings. The first-order chi connectivity index (χ1) is 11.2. The number of methoxy groups -OCH3 is 1. The minimum Gasteiger partial charge on any atom is -0.497 e. The Bertz CT molecular complexity index is 748. The van der Waals surface area contributed by atoms with E-state index < -0.39 is 0 Å². The number of nitrogens with one attached hydrogen (secondary N) is 1. The van der Waals surface area contributed by atoms with Crippen LogP contribution in [0, 0.1) is 13.8 Å². The Hall–Kier alpha value is -2.29. The fraction of sp³-hybridized carbons (Fsp3) is 0.350. The highest BCUT2D eigenvalue weighted by molar-refractivity contribution is 5.77. The third-order valence-corrected chi connectivity index (χ3v) is 4.43. The van der Waals surface area contributed by atoms with E-state index >= 15 is 0 Å². The van der Waals surface area contributed by atoms with E-state index in [9.17, 15) is 0 Å². The normalized spacial score (nSPS) is 11.1. The Morgan fingerprint density at radius 1 is 0.957 bits per heavy atom. The number of aromatic amines is 1. The van der Waals surface area contributed by atoms with Crippen molar-refractivity contribution in [1.82, 2.24) is 9.97 Å². The maximum absolute atomic E-state index is 5.19. The van der Waals surface area contributed by atoms with Crippen LogP contribution in [0.2, 0.25) is 0 Å². The van der Waals surface area contributed by atoms with Gasteiger partial charge in [-0.3, -0.25) is 0 Å². The molecule has 0 radical (unpaired) electrons. The van der Waals surface area contributed by atoms with Crippen LogP contribution >= 0.6 is 0 Å². The number of hydrogen-bond donors (Lipinski definition) is 1. The summed E-state index contributed by atoms with van der Waals surface area (Å²) in [6.45, 7) is 4.28. The molecule has 0 spiro atoms. The lowest BCUT2D eigenvalue weighted by Gasteiger charge is -2.03. The molecule has 120 valence electrons. The summed E-state index contributed by atoms with van der Waals surface area (Å²) in [7, 11) is 1.70. The zero-order chi connectivity index (χ0) is 16.2. The maximum atomic E-state index is 5.19. The van der Waals surface area contributed by atoms with E-state index in [4.69, 9.17) is 9.72 Å². The summed E-state index contributed by atoms with van der Waals surface area (Å²) < 4.78 is 5.19. The SMILES string of the molecule is COc1ccc(CCCCc2nc3cc(C)c(C)cc3[nH]2)cc1. The largest absolute Gasteiger partial charge is 0.497 e. The van der Waals surface area contributed by atoms with Crippen molar-refractivity contribution in [3.63, 3.8) is 0 Å². The molecule has 3 nitrogen and oxygen atoms in total. The molecule has 0 aliphatic carbocycles. The van der Waals surface area contributed by atoms with Crippen molar-refractivity contribution in [3.05, 3.63) is 58.9 Å². The van der Waals surface area contributed by atoms with E-state index in [0.29, 0.717) is 0 Å². The van der Waals surface area contributed by atoms with Crippen LogP contribution in [0.25, 0.3) is 11.0 Å². The molecular weight excluding hydrogens is 284 g/mol. The van der Waals surface area contributed by atoms with Crippen molar-refractivity contribution in [2.24, 2.45) is 0 Å². The highest BCUT2D eigenvalue weighted by Gasteiger charge is 2.05. The van der Waals surface area contributed by atoms with Crippen molar-refractivity contribution in [3.8, 4) is 5.75 Å². The van der Waals surface area contributed by atoms with Gasteiger partial charge in [0.15, 0.2) is 0 Å². The quantitative estimate of drug-likeness (QED) is 0.667. The average Bonchev–Trinajstić information content (AvgIpc) is 2.94. The van der Waals surface area contributed by atoms with Crippen LogP contribution in [0.1, 0.15) is 35.4 Å². The smallest absolute Gasteiger partial charge is 0.118 e. The fourth-order valence-corrected chi connectivity index (χ4v) is 2.85.